The molecule has 1 saturated heterocycles. The van der Waals surface area contributed by atoms with Gasteiger partial charge in [0.2, 0.25) is 0 Å². The second kappa shape index (κ2) is 11.5. The van der Waals surface area contributed by atoms with Gasteiger partial charge in [0.1, 0.15) is 23.9 Å². The molecule has 1 heterocycles. The van der Waals surface area contributed by atoms with Gasteiger partial charge in [-0.2, -0.15) is 0 Å². The highest BCUT2D eigenvalue weighted by atomic mass is 19.1. The van der Waals surface area contributed by atoms with Gasteiger partial charge >= 0.3 is 0 Å². The van der Waals surface area contributed by atoms with E-state index in [2.05, 4.69) is 15.6 Å². The van der Waals surface area contributed by atoms with Crippen LogP contribution in [0.25, 0.3) is 0 Å². The highest BCUT2D eigenvalue weighted by Crippen LogP contribution is 2.29. The minimum absolute atomic E-state index is 0.00981. The second-order valence-corrected chi connectivity index (χ2v) is 7.40. The lowest BCUT2D eigenvalue weighted by atomic mass is 10.2. The average molecular weight is 449 g/mol. The fourth-order valence-electron chi connectivity index (χ4n) is 3.64. The van der Waals surface area contributed by atoms with Crippen LogP contribution in [0.5, 0.6) is 11.5 Å². The van der Waals surface area contributed by atoms with E-state index < -0.39 is 11.6 Å². The Morgan fingerprint density at radius 1 is 1.22 bits per heavy atom. The quantitative estimate of drug-likeness (QED) is 0.405. The molecule has 2 aromatic rings. The number of nitrogens with zero attached hydrogens (tertiary/aromatic N) is 2. The molecule has 174 valence electrons. The first kappa shape index (κ1) is 23.6. The SMILES string of the molecule is CCNC(=NCc1ccc(OCCO)c(OC)c1)NC1CCN(c2c(F)cccc2F)C1. The van der Waals surface area contributed by atoms with Crippen molar-refractivity contribution in [1.29, 1.82) is 0 Å². The first-order valence-electron chi connectivity index (χ1n) is 10.7. The molecule has 3 N–H and O–H groups in total. The number of nitrogens with one attached hydrogen (secondary N) is 2. The summed E-state index contributed by atoms with van der Waals surface area (Å²) >= 11 is 0. The molecule has 0 aliphatic carbocycles. The third-order valence-corrected chi connectivity index (χ3v) is 5.12. The summed E-state index contributed by atoms with van der Waals surface area (Å²) in [5, 5.41) is 15.5. The van der Waals surface area contributed by atoms with Crippen molar-refractivity contribution in [3.8, 4) is 11.5 Å². The Morgan fingerprint density at radius 2 is 2.00 bits per heavy atom. The van der Waals surface area contributed by atoms with E-state index in [1.54, 1.807) is 18.1 Å². The molecule has 0 spiro atoms. The molecule has 1 atom stereocenters. The number of anilines is 1. The molecule has 3 rings (SSSR count). The number of hydrogen-bond donors (Lipinski definition) is 3. The predicted octanol–water partition coefficient (Wildman–Crippen LogP) is 2.68. The van der Waals surface area contributed by atoms with E-state index >= 15 is 0 Å². The Labute approximate surface area is 187 Å². The Morgan fingerprint density at radius 3 is 2.69 bits per heavy atom. The number of ether oxygens (including phenoxy) is 2. The normalized spacial score (nSPS) is 16.2. The molecule has 1 aliphatic heterocycles. The summed E-state index contributed by atoms with van der Waals surface area (Å²) in [5.74, 6) is 0.666. The second-order valence-electron chi connectivity index (χ2n) is 7.40. The van der Waals surface area contributed by atoms with E-state index in [1.807, 2.05) is 19.1 Å². The first-order valence-corrected chi connectivity index (χ1v) is 10.7. The van der Waals surface area contributed by atoms with Crippen molar-refractivity contribution in [3.63, 3.8) is 0 Å². The number of aliphatic imine (C=N–C) groups is 1. The Kier molecular flexibility index (Phi) is 8.49. The lowest BCUT2D eigenvalue weighted by Gasteiger charge is -2.21. The molecule has 1 aliphatic rings. The maximum atomic E-state index is 14.1. The Bertz CT molecular complexity index is 906. The summed E-state index contributed by atoms with van der Waals surface area (Å²) in [5.41, 5.74) is 0.950. The Hall–Kier alpha value is -3.07. The molecule has 7 nitrogen and oxygen atoms in total. The van der Waals surface area contributed by atoms with Gasteiger partial charge in [0.05, 0.1) is 20.3 Å². The third kappa shape index (κ3) is 6.00. The smallest absolute Gasteiger partial charge is 0.191 e. The number of halogens is 2. The van der Waals surface area contributed by atoms with Crippen molar-refractivity contribution >= 4 is 11.6 Å². The number of hydrogen-bond acceptors (Lipinski definition) is 5. The van der Waals surface area contributed by atoms with Gasteiger partial charge in [-0.3, -0.25) is 0 Å². The maximum Gasteiger partial charge on any atom is 0.191 e. The molecule has 1 unspecified atom stereocenters. The Balaban J connectivity index is 1.64. The van der Waals surface area contributed by atoms with Crippen LogP contribution in [0.15, 0.2) is 41.4 Å². The molecular formula is C23H30F2N4O3. The molecule has 0 radical (unpaired) electrons. The predicted molar refractivity (Wildman–Crippen MR) is 121 cm³/mol. The van der Waals surface area contributed by atoms with Crippen LogP contribution in [0.1, 0.15) is 18.9 Å². The summed E-state index contributed by atoms with van der Waals surface area (Å²) in [7, 11) is 1.56. The maximum absolute atomic E-state index is 14.1. The number of aliphatic hydroxyl groups excluding tert-OH is 1. The van der Waals surface area contributed by atoms with E-state index in [0.717, 1.165) is 12.0 Å². The largest absolute Gasteiger partial charge is 0.493 e. The molecule has 2 aromatic carbocycles. The van der Waals surface area contributed by atoms with E-state index in [9.17, 15) is 8.78 Å². The van der Waals surface area contributed by atoms with Crippen molar-refractivity contribution in [3.05, 3.63) is 53.6 Å². The van der Waals surface area contributed by atoms with Crippen LogP contribution >= 0.6 is 0 Å². The van der Waals surface area contributed by atoms with Gasteiger partial charge in [-0.1, -0.05) is 12.1 Å². The zero-order chi connectivity index (χ0) is 22.9. The lowest BCUT2D eigenvalue weighted by molar-refractivity contribution is 0.196. The summed E-state index contributed by atoms with van der Waals surface area (Å²) in [6, 6.07) is 9.46. The first-order chi connectivity index (χ1) is 15.5. The summed E-state index contributed by atoms with van der Waals surface area (Å²) < 4.78 is 39.0. The van der Waals surface area contributed by atoms with Gasteiger partial charge in [0.15, 0.2) is 17.5 Å². The number of para-hydroxylation sites is 1. The van der Waals surface area contributed by atoms with E-state index in [0.29, 0.717) is 43.6 Å². The molecular weight excluding hydrogens is 418 g/mol. The van der Waals surface area contributed by atoms with Gasteiger partial charge in [-0.25, -0.2) is 13.8 Å². The lowest BCUT2D eigenvalue weighted by Crippen LogP contribution is -2.44. The topological polar surface area (TPSA) is 78.4 Å². The van der Waals surface area contributed by atoms with Gasteiger partial charge in [-0.15, -0.1) is 0 Å². The summed E-state index contributed by atoms with van der Waals surface area (Å²) in [6.07, 6.45) is 0.739. The zero-order valence-electron chi connectivity index (χ0n) is 18.4. The van der Waals surface area contributed by atoms with E-state index in [1.165, 1.54) is 18.2 Å². The third-order valence-electron chi connectivity index (χ3n) is 5.12. The molecule has 0 amide bonds. The number of guanidine groups is 1. The molecule has 0 aromatic heterocycles. The van der Waals surface area contributed by atoms with Gasteiger partial charge in [0, 0.05) is 25.7 Å². The van der Waals surface area contributed by atoms with E-state index in [4.69, 9.17) is 14.6 Å². The average Bonchev–Trinajstić information content (AvgIpc) is 3.24. The summed E-state index contributed by atoms with van der Waals surface area (Å²) in [6.45, 7) is 4.22. The molecule has 9 heteroatoms. The van der Waals surface area contributed by atoms with Crippen LogP contribution in [-0.4, -0.2) is 57.1 Å². The van der Waals surface area contributed by atoms with Crippen LogP contribution in [0.2, 0.25) is 0 Å². The molecule has 32 heavy (non-hydrogen) atoms. The van der Waals surface area contributed by atoms with E-state index in [-0.39, 0.29) is 24.9 Å². The summed E-state index contributed by atoms with van der Waals surface area (Å²) in [4.78, 5) is 6.36. The van der Waals surface area contributed by atoms with Crippen LogP contribution in [0.3, 0.4) is 0 Å². The number of aliphatic hydroxyl groups is 1. The highest BCUT2D eigenvalue weighted by Gasteiger charge is 2.27. The van der Waals surface area contributed by atoms with Crippen molar-refractivity contribution < 1.29 is 23.4 Å². The minimum atomic E-state index is -0.549. The van der Waals surface area contributed by atoms with Crippen LogP contribution in [-0.2, 0) is 6.54 Å². The zero-order valence-corrected chi connectivity index (χ0v) is 18.4. The standard InChI is InChI=1S/C23H30F2N4O3/c1-3-26-23(27-14-16-7-8-20(32-12-11-30)21(13-16)31-2)28-17-9-10-29(15-17)22-18(24)5-4-6-19(22)25/h4-8,13,17,30H,3,9-12,14-15H2,1-2H3,(H2,26,27,28). The molecule has 0 bridgehead atoms. The number of benzene rings is 2. The number of rotatable bonds is 9. The number of methoxy groups -OCH3 is 1. The van der Waals surface area contributed by atoms with Gasteiger partial charge < -0.3 is 30.1 Å². The fourth-order valence-corrected chi connectivity index (χ4v) is 3.64. The van der Waals surface area contributed by atoms with Crippen LogP contribution in [0, 0.1) is 11.6 Å². The monoisotopic (exact) mass is 448 g/mol. The van der Waals surface area contributed by atoms with Crippen molar-refractivity contribution in [2.24, 2.45) is 4.99 Å². The minimum Gasteiger partial charge on any atom is -0.493 e. The van der Waals surface area contributed by atoms with Crippen molar-refractivity contribution in [1.82, 2.24) is 10.6 Å². The highest BCUT2D eigenvalue weighted by molar-refractivity contribution is 5.80. The van der Waals surface area contributed by atoms with Crippen molar-refractivity contribution in [2.75, 3.05) is 44.9 Å². The fraction of sp³-hybridized carbons (Fsp3) is 0.435. The van der Waals surface area contributed by atoms with Gasteiger partial charge in [-0.05, 0) is 43.2 Å². The van der Waals surface area contributed by atoms with Crippen LogP contribution in [0.4, 0.5) is 14.5 Å². The van der Waals surface area contributed by atoms with Gasteiger partial charge in [0.25, 0.3) is 0 Å². The molecule has 0 saturated carbocycles. The van der Waals surface area contributed by atoms with Crippen molar-refractivity contribution in [2.45, 2.75) is 25.9 Å². The molecule has 1 fully saturated rings. The van der Waals surface area contributed by atoms with Crippen LogP contribution < -0.4 is 25.0 Å².